The fourth-order valence-corrected chi connectivity index (χ4v) is 3.06. The standard InChI is InChI=1S/C18H21N7/c1-13-9-17(23-18(22-13)15-5-3-4-6-20-15)24(2)12-14-10-21-25-8-7-19-11-16(14)25/h3-6,9-10,19H,7-8,11-12H2,1-2H3. The molecule has 0 aliphatic carbocycles. The van der Waals surface area contributed by atoms with Gasteiger partial charge in [-0.15, -0.1) is 0 Å². The van der Waals surface area contributed by atoms with Crippen LogP contribution in [0.1, 0.15) is 17.0 Å². The Morgan fingerprint density at radius 2 is 2.20 bits per heavy atom. The highest BCUT2D eigenvalue weighted by molar-refractivity contribution is 5.53. The number of pyridine rings is 1. The Morgan fingerprint density at radius 1 is 1.28 bits per heavy atom. The molecule has 4 rings (SSSR count). The van der Waals surface area contributed by atoms with Crippen LogP contribution in [0.3, 0.4) is 0 Å². The molecule has 0 spiro atoms. The third-order valence-electron chi connectivity index (χ3n) is 4.36. The summed E-state index contributed by atoms with van der Waals surface area (Å²) in [5.41, 5.74) is 4.20. The van der Waals surface area contributed by atoms with Crippen LogP contribution in [0.2, 0.25) is 0 Å². The van der Waals surface area contributed by atoms with E-state index in [1.165, 1.54) is 11.3 Å². The zero-order chi connectivity index (χ0) is 17.2. The Morgan fingerprint density at radius 3 is 3.04 bits per heavy atom. The molecule has 0 aromatic carbocycles. The molecule has 25 heavy (non-hydrogen) atoms. The molecule has 0 fully saturated rings. The van der Waals surface area contributed by atoms with Crippen molar-refractivity contribution < 1.29 is 0 Å². The van der Waals surface area contributed by atoms with Gasteiger partial charge in [0.05, 0.1) is 18.4 Å². The largest absolute Gasteiger partial charge is 0.355 e. The molecule has 0 bridgehead atoms. The van der Waals surface area contributed by atoms with Gasteiger partial charge >= 0.3 is 0 Å². The van der Waals surface area contributed by atoms with Crippen molar-refractivity contribution in [2.75, 3.05) is 18.5 Å². The lowest BCUT2D eigenvalue weighted by molar-refractivity contribution is 0.473. The Balaban J connectivity index is 1.61. The maximum Gasteiger partial charge on any atom is 0.180 e. The average molecular weight is 335 g/mol. The van der Waals surface area contributed by atoms with Gasteiger partial charge in [0, 0.05) is 50.2 Å². The van der Waals surface area contributed by atoms with Crippen molar-refractivity contribution in [3.05, 3.63) is 53.6 Å². The molecule has 0 saturated carbocycles. The fraction of sp³-hybridized carbons (Fsp3) is 0.333. The first kappa shape index (κ1) is 15.7. The summed E-state index contributed by atoms with van der Waals surface area (Å²) in [6.45, 7) is 5.51. The Labute approximate surface area is 146 Å². The van der Waals surface area contributed by atoms with Gasteiger partial charge in [0.15, 0.2) is 5.82 Å². The first-order valence-corrected chi connectivity index (χ1v) is 8.43. The summed E-state index contributed by atoms with van der Waals surface area (Å²) in [6, 6.07) is 7.77. The monoisotopic (exact) mass is 335 g/mol. The second-order valence-corrected chi connectivity index (χ2v) is 6.28. The van der Waals surface area contributed by atoms with E-state index in [0.717, 1.165) is 43.4 Å². The van der Waals surface area contributed by atoms with E-state index in [1.54, 1.807) is 6.20 Å². The fourth-order valence-electron chi connectivity index (χ4n) is 3.06. The molecule has 128 valence electrons. The van der Waals surface area contributed by atoms with Crippen LogP contribution >= 0.6 is 0 Å². The molecule has 4 heterocycles. The summed E-state index contributed by atoms with van der Waals surface area (Å²) in [6.07, 6.45) is 3.73. The zero-order valence-electron chi connectivity index (χ0n) is 14.5. The Kier molecular flexibility index (Phi) is 4.15. The second-order valence-electron chi connectivity index (χ2n) is 6.28. The van der Waals surface area contributed by atoms with Crippen LogP contribution < -0.4 is 10.2 Å². The Bertz CT molecular complexity index is 872. The lowest BCUT2D eigenvalue weighted by atomic mass is 10.2. The molecule has 1 N–H and O–H groups in total. The van der Waals surface area contributed by atoms with Crippen molar-refractivity contribution in [1.29, 1.82) is 0 Å². The van der Waals surface area contributed by atoms with E-state index in [9.17, 15) is 0 Å². The minimum Gasteiger partial charge on any atom is -0.355 e. The molecule has 1 aliphatic heterocycles. The molecule has 0 atom stereocenters. The lowest BCUT2D eigenvalue weighted by Gasteiger charge is -2.21. The smallest absolute Gasteiger partial charge is 0.180 e. The van der Waals surface area contributed by atoms with Crippen LogP contribution in [-0.4, -0.2) is 38.3 Å². The number of rotatable bonds is 4. The first-order chi connectivity index (χ1) is 12.2. The predicted octanol–water partition coefficient (Wildman–Crippen LogP) is 1.78. The number of aryl methyl sites for hydroxylation is 1. The number of anilines is 1. The third-order valence-corrected chi connectivity index (χ3v) is 4.36. The minimum atomic E-state index is 0.654. The van der Waals surface area contributed by atoms with Gasteiger partial charge in [0.2, 0.25) is 0 Å². The number of aromatic nitrogens is 5. The van der Waals surface area contributed by atoms with Crippen molar-refractivity contribution >= 4 is 5.82 Å². The molecular formula is C18H21N7. The van der Waals surface area contributed by atoms with Crippen molar-refractivity contribution in [2.24, 2.45) is 0 Å². The van der Waals surface area contributed by atoms with Crippen molar-refractivity contribution in [1.82, 2.24) is 30.0 Å². The SMILES string of the molecule is Cc1cc(N(C)Cc2cnn3c2CNCC3)nc(-c2ccccn2)n1. The lowest BCUT2D eigenvalue weighted by Crippen LogP contribution is -2.29. The minimum absolute atomic E-state index is 0.654. The van der Waals surface area contributed by atoms with E-state index in [2.05, 4.69) is 30.0 Å². The predicted molar refractivity (Wildman–Crippen MR) is 96.0 cm³/mol. The number of hydrogen-bond donors (Lipinski definition) is 1. The molecule has 3 aromatic rings. The van der Waals surface area contributed by atoms with Crippen LogP contribution in [0, 0.1) is 6.92 Å². The summed E-state index contributed by atoms with van der Waals surface area (Å²) in [4.78, 5) is 15.7. The number of hydrogen-bond acceptors (Lipinski definition) is 6. The average Bonchev–Trinajstić information content (AvgIpc) is 3.05. The van der Waals surface area contributed by atoms with E-state index < -0.39 is 0 Å². The van der Waals surface area contributed by atoms with Crippen molar-refractivity contribution in [2.45, 2.75) is 26.6 Å². The molecule has 3 aromatic heterocycles. The number of nitrogens with one attached hydrogen (secondary N) is 1. The molecule has 7 heteroatoms. The van der Waals surface area contributed by atoms with E-state index in [4.69, 9.17) is 4.98 Å². The van der Waals surface area contributed by atoms with Crippen LogP contribution in [0.15, 0.2) is 36.7 Å². The van der Waals surface area contributed by atoms with Gasteiger partial charge in [-0.3, -0.25) is 9.67 Å². The van der Waals surface area contributed by atoms with Crippen LogP contribution in [0.25, 0.3) is 11.5 Å². The summed E-state index contributed by atoms with van der Waals surface area (Å²) in [5.74, 6) is 1.54. The van der Waals surface area contributed by atoms with Gasteiger partial charge < -0.3 is 10.2 Å². The molecule has 0 amide bonds. The van der Waals surface area contributed by atoms with E-state index >= 15 is 0 Å². The molecular weight excluding hydrogens is 314 g/mol. The van der Waals surface area contributed by atoms with Crippen LogP contribution in [-0.2, 0) is 19.6 Å². The summed E-state index contributed by atoms with van der Waals surface area (Å²) < 4.78 is 2.09. The molecule has 0 saturated heterocycles. The quantitative estimate of drug-likeness (QED) is 0.784. The van der Waals surface area contributed by atoms with Gasteiger partial charge in [-0.2, -0.15) is 5.10 Å². The molecule has 1 aliphatic rings. The van der Waals surface area contributed by atoms with E-state index in [1.807, 2.05) is 44.4 Å². The summed E-state index contributed by atoms with van der Waals surface area (Å²) in [7, 11) is 2.05. The normalized spacial score (nSPS) is 13.5. The van der Waals surface area contributed by atoms with Crippen molar-refractivity contribution in [3.8, 4) is 11.5 Å². The highest BCUT2D eigenvalue weighted by Crippen LogP contribution is 2.20. The highest BCUT2D eigenvalue weighted by Gasteiger charge is 2.17. The van der Waals surface area contributed by atoms with Gasteiger partial charge in [0.25, 0.3) is 0 Å². The van der Waals surface area contributed by atoms with Crippen LogP contribution in [0.5, 0.6) is 0 Å². The zero-order valence-corrected chi connectivity index (χ0v) is 14.5. The van der Waals surface area contributed by atoms with Gasteiger partial charge in [-0.05, 0) is 19.1 Å². The van der Waals surface area contributed by atoms with E-state index in [-0.39, 0.29) is 0 Å². The maximum atomic E-state index is 4.71. The van der Waals surface area contributed by atoms with E-state index in [0.29, 0.717) is 5.82 Å². The molecule has 0 radical (unpaired) electrons. The van der Waals surface area contributed by atoms with Gasteiger partial charge in [0.1, 0.15) is 11.5 Å². The number of fused-ring (bicyclic) bond motifs is 1. The van der Waals surface area contributed by atoms with Crippen LogP contribution in [0.4, 0.5) is 5.82 Å². The summed E-state index contributed by atoms with van der Waals surface area (Å²) >= 11 is 0. The highest BCUT2D eigenvalue weighted by atomic mass is 15.3. The third kappa shape index (κ3) is 3.23. The molecule has 7 nitrogen and oxygen atoms in total. The van der Waals surface area contributed by atoms with Gasteiger partial charge in [-0.1, -0.05) is 6.07 Å². The van der Waals surface area contributed by atoms with Crippen molar-refractivity contribution in [3.63, 3.8) is 0 Å². The van der Waals surface area contributed by atoms with Gasteiger partial charge in [-0.25, -0.2) is 9.97 Å². The molecule has 0 unspecified atom stereocenters. The Hall–Kier alpha value is -2.80. The summed E-state index contributed by atoms with van der Waals surface area (Å²) in [5, 5.41) is 7.90. The number of nitrogens with zero attached hydrogens (tertiary/aromatic N) is 6. The maximum absolute atomic E-state index is 4.71. The second kappa shape index (κ2) is 6.60. The topological polar surface area (TPSA) is 71.8 Å². The first-order valence-electron chi connectivity index (χ1n) is 8.43.